The Morgan fingerprint density at radius 1 is 1.19 bits per heavy atom. The van der Waals surface area contributed by atoms with Crippen molar-refractivity contribution in [2.45, 2.75) is 32.2 Å². The highest BCUT2D eigenvalue weighted by Crippen LogP contribution is 2.41. The van der Waals surface area contributed by atoms with E-state index in [0.29, 0.717) is 5.56 Å². The maximum absolute atomic E-state index is 12.5. The molecule has 2 aromatic rings. The molecule has 1 spiro atoms. The molecule has 4 rings (SSSR count). The molecule has 134 valence electrons. The van der Waals surface area contributed by atoms with Crippen LogP contribution in [0.2, 0.25) is 0 Å². The summed E-state index contributed by atoms with van der Waals surface area (Å²) in [6, 6.07) is 9.04. The van der Waals surface area contributed by atoms with Crippen LogP contribution in [0.4, 0.5) is 0 Å². The largest absolute Gasteiger partial charge is 0.356 e. The first-order valence-electron chi connectivity index (χ1n) is 8.87. The Kier molecular flexibility index (Phi) is 4.20. The van der Waals surface area contributed by atoms with E-state index < -0.39 is 5.91 Å². The minimum absolute atomic E-state index is 0.113. The van der Waals surface area contributed by atoms with Gasteiger partial charge in [-0.25, -0.2) is 5.06 Å². The van der Waals surface area contributed by atoms with Gasteiger partial charge in [-0.05, 0) is 66.6 Å². The van der Waals surface area contributed by atoms with Crippen LogP contribution in [0.1, 0.15) is 39.9 Å². The van der Waals surface area contributed by atoms with Crippen LogP contribution >= 0.6 is 0 Å². The summed E-state index contributed by atoms with van der Waals surface area (Å²) < 4.78 is 0. The lowest BCUT2D eigenvalue weighted by Gasteiger charge is -2.32. The maximum Gasteiger partial charge on any atom is 0.277 e. The summed E-state index contributed by atoms with van der Waals surface area (Å²) in [4.78, 5) is 28.6. The van der Waals surface area contributed by atoms with E-state index in [1.54, 1.807) is 30.6 Å². The van der Waals surface area contributed by atoms with Crippen LogP contribution in [0.15, 0.2) is 42.7 Å². The summed E-state index contributed by atoms with van der Waals surface area (Å²) in [5.74, 6) is -0.273. The average Bonchev–Trinajstić information content (AvgIpc) is 3.01. The second kappa shape index (κ2) is 6.53. The minimum Gasteiger partial charge on any atom is -0.356 e. The van der Waals surface area contributed by atoms with Crippen LogP contribution in [-0.4, -0.2) is 33.6 Å². The summed E-state index contributed by atoms with van der Waals surface area (Å²) >= 11 is 0. The predicted molar refractivity (Wildman–Crippen MR) is 94.4 cm³/mol. The highest BCUT2D eigenvalue weighted by molar-refractivity contribution is 5.94. The zero-order chi connectivity index (χ0) is 18.1. The Balaban J connectivity index is 1.51. The third-order valence-electron chi connectivity index (χ3n) is 5.54. The van der Waals surface area contributed by atoms with Crippen LogP contribution in [0.3, 0.4) is 0 Å². The van der Waals surface area contributed by atoms with E-state index in [1.165, 1.54) is 0 Å². The van der Waals surface area contributed by atoms with E-state index in [4.69, 9.17) is 0 Å². The molecule has 1 fully saturated rings. The third-order valence-corrected chi connectivity index (χ3v) is 5.54. The summed E-state index contributed by atoms with van der Waals surface area (Å²) in [5, 5.41) is 13.8. The molecule has 0 radical (unpaired) electrons. The fraction of sp³-hybridized carbons (Fsp3) is 0.350. The Hall–Kier alpha value is -2.73. The van der Waals surface area contributed by atoms with Crippen molar-refractivity contribution in [3.05, 3.63) is 65.0 Å². The number of hydrogen-bond donors (Lipinski definition) is 2. The summed E-state index contributed by atoms with van der Waals surface area (Å²) in [6.07, 6.45) is 6.44. The molecule has 0 unspecified atom stereocenters. The molecule has 26 heavy (non-hydrogen) atoms. The number of carbonyl (C=O) groups is 2. The molecule has 1 atom stereocenters. The third kappa shape index (κ3) is 2.97. The van der Waals surface area contributed by atoms with Gasteiger partial charge in [-0.2, -0.15) is 0 Å². The summed E-state index contributed by atoms with van der Waals surface area (Å²) in [5.41, 5.74) is 3.22. The number of hydrogen-bond acceptors (Lipinski definition) is 4. The maximum atomic E-state index is 12.5. The normalized spacial score (nSPS) is 21.3. The number of rotatable bonds is 3. The predicted octanol–water partition coefficient (Wildman–Crippen LogP) is 2.11. The molecule has 1 aliphatic carbocycles. The van der Waals surface area contributed by atoms with Gasteiger partial charge >= 0.3 is 0 Å². The number of amides is 2. The van der Waals surface area contributed by atoms with Gasteiger partial charge in [0.05, 0.1) is 12.0 Å². The van der Waals surface area contributed by atoms with E-state index in [-0.39, 0.29) is 17.9 Å². The number of nitrogens with zero attached hydrogens (tertiary/aromatic N) is 2. The number of fused-ring (bicyclic) bond motifs is 1. The lowest BCUT2D eigenvalue weighted by Crippen LogP contribution is -2.36. The Morgan fingerprint density at radius 3 is 2.73 bits per heavy atom. The standard InChI is InChI=1S/C20H21N3O3/c24-18(23(26)13-14-4-8-21-9-5-14)16-1-2-17-12-20(6-3-15(17)11-16)7-10-22-19(20)25/h1-2,4-5,8-9,11,26H,3,6-7,10,12-13H2,(H,22,25)/t20-/m0/s1. The molecule has 6 heteroatoms. The molecule has 1 aromatic carbocycles. The second-order valence-electron chi connectivity index (χ2n) is 7.16. The molecule has 2 aliphatic rings. The van der Waals surface area contributed by atoms with Crippen molar-refractivity contribution in [1.29, 1.82) is 0 Å². The molecule has 1 aliphatic heterocycles. The SMILES string of the molecule is O=C(c1ccc2c(c1)CC[C@]1(CCNC1=O)C2)N(O)Cc1ccncc1. The fourth-order valence-corrected chi connectivity index (χ4v) is 4.00. The lowest BCUT2D eigenvalue weighted by molar-refractivity contribution is -0.128. The second-order valence-corrected chi connectivity index (χ2v) is 7.16. The van der Waals surface area contributed by atoms with Gasteiger partial charge < -0.3 is 5.32 Å². The van der Waals surface area contributed by atoms with Crippen LogP contribution in [-0.2, 0) is 24.2 Å². The molecule has 0 saturated carbocycles. The van der Waals surface area contributed by atoms with E-state index >= 15 is 0 Å². The first kappa shape index (κ1) is 16.7. The van der Waals surface area contributed by atoms with Crippen molar-refractivity contribution >= 4 is 11.8 Å². The van der Waals surface area contributed by atoms with Crippen molar-refractivity contribution in [2.75, 3.05) is 6.54 Å². The highest BCUT2D eigenvalue weighted by Gasteiger charge is 2.44. The Labute approximate surface area is 151 Å². The van der Waals surface area contributed by atoms with Crippen molar-refractivity contribution in [1.82, 2.24) is 15.4 Å². The number of carbonyl (C=O) groups excluding carboxylic acids is 2. The number of benzene rings is 1. The molecular formula is C20H21N3O3. The zero-order valence-electron chi connectivity index (χ0n) is 14.4. The highest BCUT2D eigenvalue weighted by atomic mass is 16.5. The van der Waals surface area contributed by atoms with Crippen molar-refractivity contribution in [3.63, 3.8) is 0 Å². The number of aryl methyl sites for hydroxylation is 1. The smallest absolute Gasteiger partial charge is 0.277 e. The molecule has 2 N–H and O–H groups in total. The molecule has 1 saturated heterocycles. The molecular weight excluding hydrogens is 330 g/mol. The topological polar surface area (TPSA) is 82.5 Å². The van der Waals surface area contributed by atoms with E-state index in [0.717, 1.165) is 54.0 Å². The fourth-order valence-electron chi connectivity index (χ4n) is 4.00. The van der Waals surface area contributed by atoms with Gasteiger partial charge in [-0.3, -0.25) is 19.8 Å². The summed E-state index contributed by atoms with van der Waals surface area (Å²) in [6.45, 7) is 0.862. The van der Waals surface area contributed by atoms with Crippen LogP contribution in [0.5, 0.6) is 0 Å². The van der Waals surface area contributed by atoms with Gasteiger partial charge in [0.1, 0.15) is 0 Å². The zero-order valence-corrected chi connectivity index (χ0v) is 14.4. The van der Waals surface area contributed by atoms with Gasteiger partial charge in [0.25, 0.3) is 5.91 Å². The van der Waals surface area contributed by atoms with Gasteiger partial charge in [0, 0.05) is 24.5 Å². The first-order chi connectivity index (χ1) is 12.6. The van der Waals surface area contributed by atoms with Gasteiger partial charge in [0.2, 0.25) is 5.91 Å². The van der Waals surface area contributed by atoms with Gasteiger partial charge in [-0.15, -0.1) is 0 Å². The van der Waals surface area contributed by atoms with E-state index in [1.807, 2.05) is 12.1 Å². The Morgan fingerprint density at radius 2 is 2.00 bits per heavy atom. The summed E-state index contributed by atoms with van der Waals surface area (Å²) in [7, 11) is 0. The van der Waals surface area contributed by atoms with Crippen molar-refractivity contribution in [2.24, 2.45) is 5.41 Å². The number of pyridine rings is 1. The first-order valence-corrected chi connectivity index (χ1v) is 8.87. The van der Waals surface area contributed by atoms with Gasteiger partial charge in [-0.1, -0.05) is 6.07 Å². The van der Waals surface area contributed by atoms with E-state index in [2.05, 4.69) is 10.3 Å². The number of aromatic nitrogens is 1. The molecule has 2 heterocycles. The Bertz CT molecular complexity index is 853. The van der Waals surface area contributed by atoms with Crippen LogP contribution in [0, 0.1) is 5.41 Å². The molecule has 0 bridgehead atoms. The quantitative estimate of drug-likeness (QED) is 0.655. The lowest BCUT2D eigenvalue weighted by atomic mass is 9.70. The van der Waals surface area contributed by atoms with Crippen molar-refractivity contribution in [3.8, 4) is 0 Å². The van der Waals surface area contributed by atoms with Crippen molar-refractivity contribution < 1.29 is 14.8 Å². The molecule has 6 nitrogen and oxygen atoms in total. The van der Waals surface area contributed by atoms with Gasteiger partial charge in [0.15, 0.2) is 0 Å². The van der Waals surface area contributed by atoms with E-state index in [9.17, 15) is 14.8 Å². The van der Waals surface area contributed by atoms with Crippen LogP contribution < -0.4 is 5.32 Å². The number of nitrogens with one attached hydrogen (secondary N) is 1. The van der Waals surface area contributed by atoms with Crippen LogP contribution in [0.25, 0.3) is 0 Å². The number of hydroxylamine groups is 2. The minimum atomic E-state index is -0.427. The molecule has 2 amide bonds. The monoisotopic (exact) mass is 351 g/mol. The molecule has 1 aromatic heterocycles. The average molecular weight is 351 g/mol.